The Morgan fingerprint density at radius 2 is 2.00 bits per heavy atom. The van der Waals surface area contributed by atoms with Crippen LogP contribution in [-0.4, -0.2) is 13.4 Å². The number of nitrogen functional groups attached to an aromatic ring is 1. The molecule has 0 saturated heterocycles. The third-order valence-corrected chi connectivity index (χ3v) is 4.50. The van der Waals surface area contributed by atoms with Crippen LogP contribution in [0.1, 0.15) is 5.69 Å². The maximum atomic E-state index is 12.2. The zero-order chi connectivity index (χ0) is 14.0. The van der Waals surface area contributed by atoms with Crippen LogP contribution in [0.5, 0.6) is 0 Å². The molecule has 100 valence electrons. The molecule has 0 aliphatic heterocycles. The van der Waals surface area contributed by atoms with Gasteiger partial charge < -0.3 is 5.73 Å². The zero-order valence-electron chi connectivity index (χ0n) is 10.1. The van der Waals surface area contributed by atoms with Crippen LogP contribution in [0.4, 0.5) is 11.4 Å². The summed E-state index contributed by atoms with van der Waals surface area (Å²) in [7, 11) is -3.63. The molecule has 0 aliphatic carbocycles. The molecule has 2 rings (SSSR count). The highest BCUT2D eigenvalue weighted by Crippen LogP contribution is 2.24. The van der Waals surface area contributed by atoms with Crippen LogP contribution >= 0.6 is 15.9 Å². The van der Waals surface area contributed by atoms with Gasteiger partial charge in [-0.05, 0) is 53.2 Å². The molecule has 7 heteroatoms. The van der Waals surface area contributed by atoms with Crippen LogP contribution in [0.25, 0.3) is 0 Å². The van der Waals surface area contributed by atoms with Gasteiger partial charge in [0, 0.05) is 22.1 Å². The van der Waals surface area contributed by atoms with E-state index < -0.39 is 10.0 Å². The number of hydrogen-bond donors (Lipinski definition) is 2. The van der Waals surface area contributed by atoms with Crippen molar-refractivity contribution in [2.45, 2.75) is 11.8 Å². The summed E-state index contributed by atoms with van der Waals surface area (Å²) >= 11 is 3.21. The van der Waals surface area contributed by atoms with Gasteiger partial charge in [0.05, 0.1) is 10.6 Å². The third-order valence-electron chi connectivity index (χ3n) is 2.43. The van der Waals surface area contributed by atoms with Gasteiger partial charge in [-0.15, -0.1) is 0 Å². The van der Waals surface area contributed by atoms with Gasteiger partial charge in [-0.3, -0.25) is 9.71 Å². The Labute approximate surface area is 120 Å². The molecule has 1 heterocycles. The number of hydrogen-bond acceptors (Lipinski definition) is 4. The largest absolute Gasteiger partial charge is 0.398 e. The van der Waals surface area contributed by atoms with E-state index in [1.54, 1.807) is 25.3 Å². The normalized spacial score (nSPS) is 11.3. The third kappa shape index (κ3) is 3.24. The van der Waals surface area contributed by atoms with Crippen molar-refractivity contribution in [3.05, 3.63) is 46.7 Å². The Morgan fingerprint density at radius 1 is 1.26 bits per heavy atom. The molecule has 2 aromatic rings. The lowest BCUT2D eigenvalue weighted by molar-refractivity contribution is 0.601. The van der Waals surface area contributed by atoms with Crippen LogP contribution in [0.3, 0.4) is 0 Å². The summed E-state index contributed by atoms with van der Waals surface area (Å²) < 4.78 is 27.4. The summed E-state index contributed by atoms with van der Waals surface area (Å²) in [6, 6.07) is 7.71. The second kappa shape index (κ2) is 5.18. The predicted molar refractivity (Wildman–Crippen MR) is 78.3 cm³/mol. The first-order valence-electron chi connectivity index (χ1n) is 5.39. The van der Waals surface area contributed by atoms with Crippen molar-refractivity contribution in [2.75, 3.05) is 10.5 Å². The van der Waals surface area contributed by atoms with Crippen molar-refractivity contribution in [1.29, 1.82) is 0 Å². The van der Waals surface area contributed by atoms with Gasteiger partial charge in [-0.25, -0.2) is 8.42 Å². The highest BCUT2D eigenvalue weighted by molar-refractivity contribution is 9.10. The molecule has 19 heavy (non-hydrogen) atoms. The minimum atomic E-state index is -3.63. The van der Waals surface area contributed by atoms with Crippen LogP contribution in [0.2, 0.25) is 0 Å². The van der Waals surface area contributed by atoms with E-state index in [4.69, 9.17) is 5.73 Å². The number of sulfonamides is 1. The van der Waals surface area contributed by atoms with Gasteiger partial charge >= 0.3 is 0 Å². The fourth-order valence-electron chi connectivity index (χ4n) is 1.50. The molecule has 1 aromatic heterocycles. The molecule has 0 fully saturated rings. The maximum absolute atomic E-state index is 12.2. The van der Waals surface area contributed by atoms with Crippen LogP contribution in [0, 0.1) is 6.92 Å². The molecule has 0 saturated carbocycles. The minimum Gasteiger partial charge on any atom is -0.398 e. The summed E-state index contributed by atoms with van der Waals surface area (Å²) in [5.74, 6) is 0. The molecule has 0 bridgehead atoms. The molecular weight excluding hydrogens is 330 g/mol. The van der Waals surface area contributed by atoms with Crippen molar-refractivity contribution in [2.24, 2.45) is 0 Å². The molecular formula is C12H12BrN3O2S. The lowest BCUT2D eigenvalue weighted by Crippen LogP contribution is -2.13. The van der Waals surface area contributed by atoms with E-state index in [0.29, 0.717) is 15.8 Å². The molecule has 0 aliphatic rings. The summed E-state index contributed by atoms with van der Waals surface area (Å²) in [4.78, 5) is 4.15. The number of halogens is 1. The molecule has 5 nitrogen and oxygen atoms in total. The van der Waals surface area contributed by atoms with E-state index >= 15 is 0 Å². The number of nitrogens with zero attached hydrogens (tertiary/aromatic N) is 1. The molecule has 1 aromatic carbocycles. The SMILES string of the molecule is Cc1cc(NS(=O)(=O)c2ccc(N)c(Br)c2)ccn1. The van der Waals surface area contributed by atoms with Crippen molar-refractivity contribution in [3.8, 4) is 0 Å². The second-order valence-corrected chi connectivity index (χ2v) is 6.51. The Bertz CT molecular complexity index is 717. The zero-order valence-corrected chi connectivity index (χ0v) is 12.5. The van der Waals surface area contributed by atoms with Gasteiger partial charge in [0.2, 0.25) is 0 Å². The summed E-state index contributed by atoms with van der Waals surface area (Å²) in [6.07, 6.45) is 1.55. The number of benzene rings is 1. The van der Waals surface area contributed by atoms with E-state index in [0.717, 1.165) is 5.69 Å². The van der Waals surface area contributed by atoms with Crippen molar-refractivity contribution in [3.63, 3.8) is 0 Å². The van der Waals surface area contributed by atoms with Gasteiger partial charge in [0.1, 0.15) is 0 Å². The summed E-state index contributed by atoms with van der Waals surface area (Å²) in [5, 5.41) is 0. The van der Waals surface area contributed by atoms with E-state index in [9.17, 15) is 8.42 Å². The minimum absolute atomic E-state index is 0.142. The van der Waals surface area contributed by atoms with Gasteiger partial charge in [-0.2, -0.15) is 0 Å². The van der Waals surface area contributed by atoms with Gasteiger partial charge in [-0.1, -0.05) is 0 Å². The quantitative estimate of drug-likeness (QED) is 0.840. The first-order chi connectivity index (χ1) is 8.88. The average Bonchev–Trinajstić information content (AvgIpc) is 2.32. The van der Waals surface area contributed by atoms with E-state index in [1.165, 1.54) is 18.2 Å². The van der Waals surface area contributed by atoms with Crippen molar-refractivity contribution >= 4 is 37.3 Å². The Kier molecular flexibility index (Phi) is 3.77. The molecule has 0 unspecified atom stereocenters. The number of anilines is 2. The number of rotatable bonds is 3. The van der Waals surface area contributed by atoms with Crippen molar-refractivity contribution in [1.82, 2.24) is 4.98 Å². The molecule has 0 spiro atoms. The Balaban J connectivity index is 2.35. The van der Waals surface area contributed by atoms with Crippen LogP contribution < -0.4 is 10.5 Å². The molecule has 0 atom stereocenters. The molecule has 0 amide bonds. The monoisotopic (exact) mass is 341 g/mol. The fraction of sp³-hybridized carbons (Fsp3) is 0.0833. The number of nitrogens with one attached hydrogen (secondary N) is 1. The Morgan fingerprint density at radius 3 is 2.63 bits per heavy atom. The van der Waals surface area contributed by atoms with Crippen LogP contribution in [-0.2, 0) is 10.0 Å². The Hall–Kier alpha value is -1.60. The van der Waals surface area contributed by atoms with E-state index in [1.807, 2.05) is 0 Å². The highest BCUT2D eigenvalue weighted by Gasteiger charge is 2.15. The molecule has 0 radical (unpaired) electrons. The van der Waals surface area contributed by atoms with Crippen LogP contribution in [0.15, 0.2) is 45.9 Å². The number of pyridine rings is 1. The predicted octanol–water partition coefficient (Wildman–Crippen LogP) is 2.54. The van der Waals surface area contributed by atoms with Gasteiger partial charge in [0.25, 0.3) is 10.0 Å². The average molecular weight is 342 g/mol. The first kappa shape index (κ1) is 13.8. The lowest BCUT2D eigenvalue weighted by atomic mass is 10.3. The van der Waals surface area contributed by atoms with E-state index in [-0.39, 0.29) is 4.90 Å². The first-order valence-corrected chi connectivity index (χ1v) is 7.66. The number of aromatic nitrogens is 1. The standard InChI is InChI=1S/C12H12BrN3O2S/c1-8-6-9(4-5-15-8)16-19(17,18)10-2-3-12(14)11(13)7-10/h2-7H,14H2,1H3,(H,15,16). The fourth-order valence-corrected chi connectivity index (χ4v) is 3.10. The molecule has 3 N–H and O–H groups in total. The number of nitrogens with two attached hydrogens (primary N) is 1. The maximum Gasteiger partial charge on any atom is 0.261 e. The number of aryl methyl sites for hydroxylation is 1. The topological polar surface area (TPSA) is 85.1 Å². The van der Waals surface area contributed by atoms with E-state index in [2.05, 4.69) is 25.6 Å². The highest BCUT2D eigenvalue weighted by atomic mass is 79.9. The second-order valence-electron chi connectivity index (χ2n) is 3.97. The van der Waals surface area contributed by atoms with Crippen molar-refractivity contribution < 1.29 is 8.42 Å². The smallest absolute Gasteiger partial charge is 0.261 e. The van der Waals surface area contributed by atoms with Gasteiger partial charge in [0.15, 0.2) is 0 Å². The summed E-state index contributed by atoms with van der Waals surface area (Å²) in [5.41, 5.74) is 7.33. The lowest BCUT2D eigenvalue weighted by Gasteiger charge is -2.09. The summed E-state index contributed by atoms with van der Waals surface area (Å²) in [6.45, 7) is 1.79.